The molecule has 1 N–H and O–H groups in total. The lowest BCUT2D eigenvalue weighted by atomic mass is 10.1. The SMILES string of the molecule is COc1cc(CNCC(C)C)c(Cl)cc1OCc1ccc(Cl)cc1. The zero-order valence-corrected chi connectivity index (χ0v) is 15.7. The third-order valence-electron chi connectivity index (χ3n) is 3.51. The second-order valence-electron chi connectivity index (χ2n) is 6.03. The van der Waals surface area contributed by atoms with Gasteiger partial charge in [0.15, 0.2) is 11.5 Å². The number of ether oxygens (including phenoxy) is 2. The summed E-state index contributed by atoms with van der Waals surface area (Å²) in [7, 11) is 1.63. The molecular weight excluding hydrogens is 345 g/mol. The molecule has 24 heavy (non-hydrogen) atoms. The van der Waals surface area contributed by atoms with Crippen LogP contribution in [-0.4, -0.2) is 13.7 Å². The Morgan fingerprint density at radius 2 is 1.75 bits per heavy atom. The summed E-state index contributed by atoms with van der Waals surface area (Å²) < 4.78 is 11.3. The number of rotatable bonds is 8. The summed E-state index contributed by atoms with van der Waals surface area (Å²) in [4.78, 5) is 0. The van der Waals surface area contributed by atoms with Crippen molar-refractivity contribution in [3.63, 3.8) is 0 Å². The summed E-state index contributed by atoms with van der Waals surface area (Å²) >= 11 is 12.3. The fourth-order valence-corrected chi connectivity index (χ4v) is 2.57. The van der Waals surface area contributed by atoms with E-state index in [9.17, 15) is 0 Å². The Kier molecular flexibility index (Phi) is 7.22. The van der Waals surface area contributed by atoms with E-state index in [1.165, 1.54) is 0 Å². The molecule has 2 rings (SSSR count). The normalized spacial score (nSPS) is 10.9. The zero-order chi connectivity index (χ0) is 17.5. The molecule has 0 radical (unpaired) electrons. The van der Waals surface area contributed by atoms with Crippen molar-refractivity contribution in [3.8, 4) is 11.5 Å². The van der Waals surface area contributed by atoms with Crippen LogP contribution in [0, 0.1) is 5.92 Å². The number of halogens is 2. The lowest BCUT2D eigenvalue weighted by molar-refractivity contribution is 0.284. The quantitative estimate of drug-likeness (QED) is 0.684. The van der Waals surface area contributed by atoms with E-state index in [0.717, 1.165) is 17.7 Å². The molecule has 0 aliphatic heterocycles. The first-order chi connectivity index (χ1) is 11.5. The predicted octanol–water partition coefficient (Wildman–Crippen LogP) is 5.33. The van der Waals surface area contributed by atoms with Crippen molar-refractivity contribution in [2.45, 2.75) is 27.0 Å². The lowest BCUT2D eigenvalue weighted by Gasteiger charge is -2.15. The summed E-state index contributed by atoms with van der Waals surface area (Å²) in [5.41, 5.74) is 2.02. The maximum Gasteiger partial charge on any atom is 0.163 e. The molecule has 0 fully saturated rings. The van der Waals surface area contributed by atoms with Crippen LogP contribution in [0.15, 0.2) is 36.4 Å². The molecular formula is C19H23Cl2NO2. The molecule has 0 unspecified atom stereocenters. The number of hydrogen-bond acceptors (Lipinski definition) is 3. The first-order valence-corrected chi connectivity index (χ1v) is 8.69. The maximum atomic E-state index is 6.38. The third kappa shape index (κ3) is 5.59. The van der Waals surface area contributed by atoms with Gasteiger partial charge >= 0.3 is 0 Å². The van der Waals surface area contributed by atoms with Gasteiger partial charge in [0.2, 0.25) is 0 Å². The fourth-order valence-electron chi connectivity index (χ4n) is 2.22. The Morgan fingerprint density at radius 1 is 1.04 bits per heavy atom. The number of methoxy groups -OCH3 is 1. The van der Waals surface area contributed by atoms with Gasteiger partial charge in [0.05, 0.1) is 7.11 Å². The molecule has 5 heteroatoms. The largest absolute Gasteiger partial charge is 0.493 e. The van der Waals surface area contributed by atoms with Gasteiger partial charge in [-0.3, -0.25) is 0 Å². The Labute approximate surface area is 153 Å². The highest BCUT2D eigenvalue weighted by molar-refractivity contribution is 6.31. The van der Waals surface area contributed by atoms with E-state index in [4.69, 9.17) is 32.7 Å². The maximum absolute atomic E-state index is 6.38. The van der Waals surface area contributed by atoms with Crippen molar-refractivity contribution in [3.05, 3.63) is 57.6 Å². The minimum absolute atomic E-state index is 0.425. The number of hydrogen-bond donors (Lipinski definition) is 1. The van der Waals surface area contributed by atoms with Gasteiger partial charge in [-0.2, -0.15) is 0 Å². The van der Waals surface area contributed by atoms with Crippen LogP contribution in [0.1, 0.15) is 25.0 Å². The second-order valence-corrected chi connectivity index (χ2v) is 6.88. The fraction of sp³-hybridized carbons (Fsp3) is 0.368. The molecule has 0 spiro atoms. The van der Waals surface area contributed by atoms with Crippen molar-refractivity contribution < 1.29 is 9.47 Å². The summed E-state index contributed by atoms with van der Waals surface area (Å²) in [5.74, 6) is 1.90. The average Bonchev–Trinajstić information content (AvgIpc) is 2.55. The van der Waals surface area contributed by atoms with Gasteiger partial charge < -0.3 is 14.8 Å². The van der Waals surface area contributed by atoms with E-state index in [0.29, 0.717) is 40.6 Å². The van der Waals surface area contributed by atoms with Gasteiger partial charge in [0, 0.05) is 22.7 Å². The van der Waals surface area contributed by atoms with E-state index in [1.807, 2.05) is 36.4 Å². The molecule has 0 bridgehead atoms. The van der Waals surface area contributed by atoms with Gasteiger partial charge in [-0.1, -0.05) is 49.2 Å². The molecule has 0 amide bonds. The molecule has 0 aliphatic rings. The lowest BCUT2D eigenvalue weighted by Crippen LogP contribution is -2.19. The molecule has 0 saturated heterocycles. The van der Waals surface area contributed by atoms with Crippen molar-refractivity contribution >= 4 is 23.2 Å². The summed E-state index contributed by atoms with van der Waals surface area (Å²) in [6.07, 6.45) is 0. The van der Waals surface area contributed by atoms with Gasteiger partial charge in [0.1, 0.15) is 6.61 Å². The van der Waals surface area contributed by atoms with Gasteiger partial charge in [-0.15, -0.1) is 0 Å². The van der Waals surface area contributed by atoms with Crippen LogP contribution in [-0.2, 0) is 13.2 Å². The Hall–Kier alpha value is -1.42. The molecule has 0 atom stereocenters. The Bertz CT molecular complexity index is 657. The molecule has 0 aromatic heterocycles. The first-order valence-electron chi connectivity index (χ1n) is 7.94. The second kappa shape index (κ2) is 9.16. The molecule has 3 nitrogen and oxygen atoms in total. The minimum Gasteiger partial charge on any atom is -0.493 e. The average molecular weight is 368 g/mol. The predicted molar refractivity (Wildman–Crippen MR) is 100 cm³/mol. The van der Waals surface area contributed by atoms with Crippen LogP contribution in [0.25, 0.3) is 0 Å². The van der Waals surface area contributed by atoms with Crippen molar-refractivity contribution in [2.24, 2.45) is 5.92 Å². The molecule has 130 valence electrons. The van der Waals surface area contributed by atoms with Gasteiger partial charge in [-0.05, 0) is 41.8 Å². The van der Waals surface area contributed by atoms with E-state index >= 15 is 0 Å². The van der Waals surface area contributed by atoms with E-state index < -0.39 is 0 Å². The highest BCUT2D eigenvalue weighted by atomic mass is 35.5. The third-order valence-corrected chi connectivity index (χ3v) is 4.11. The first kappa shape index (κ1) is 18.9. The highest BCUT2D eigenvalue weighted by Gasteiger charge is 2.11. The van der Waals surface area contributed by atoms with Crippen LogP contribution in [0.5, 0.6) is 11.5 Å². The van der Waals surface area contributed by atoms with E-state index in [-0.39, 0.29) is 0 Å². The zero-order valence-electron chi connectivity index (χ0n) is 14.2. The van der Waals surface area contributed by atoms with Crippen LogP contribution >= 0.6 is 23.2 Å². The Morgan fingerprint density at radius 3 is 2.38 bits per heavy atom. The number of nitrogens with one attached hydrogen (secondary N) is 1. The van der Waals surface area contributed by atoms with Gasteiger partial charge in [0.25, 0.3) is 0 Å². The molecule has 0 heterocycles. The standard InChI is InChI=1S/C19H23Cl2NO2/c1-13(2)10-22-11-15-8-18(23-3)19(9-17(15)21)24-12-14-4-6-16(20)7-5-14/h4-9,13,22H,10-12H2,1-3H3. The summed E-state index contributed by atoms with van der Waals surface area (Å²) in [6.45, 7) is 6.40. The van der Waals surface area contributed by atoms with Crippen molar-refractivity contribution in [2.75, 3.05) is 13.7 Å². The van der Waals surface area contributed by atoms with E-state index in [1.54, 1.807) is 7.11 Å². The molecule has 0 aliphatic carbocycles. The summed E-state index contributed by atoms with van der Waals surface area (Å²) in [6, 6.07) is 11.3. The molecule has 0 saturated carbocycles. The van der Waals surface area contributed by atoms with Crippen LogP contribution in [0.3, 0.4) is 0 Å². The van der Waals surface area contributed by atoms with Crippen LogP contribution in [0.4, 0.5) is 0 Å². The van der Waals surface area contributed by atoms with E-state index in [2.05, 4.69) is 19.2 Å². The molecule has 2 aromatic rings. The highest BCUT2D eigenvalue weighted by Crippen LogP contribution is 2.34. The van der Waals surface area contributed by atoms with Crippen molar-refractivity contribution in [1.82, 2.24) is 5.32 Å². The summed E-state index contributed by atoms with van der Waals surface area (Å²) in [5, 5.41) is 4.75. The van der Waals surface area contributed by atoms with Crippen LogP contribution < -0.4 is 14.8 Å². The smallest absolute Gasteiger partial charge is 0.163 e. The monoisotopic (exact) mass is 367 g/mol. The van der Waals surface area contributed by atoms with Gasteiger partial charge in [-0.25, -0.2) is 0 Å². The Balaban J connectivity index is 2.06. The van der Waals surface area contributed by atoms with Crippen molar-refractivity contribution in [1.29, 1.82) is 0 Å². The molecule has 2 aromatic carbocycles. The topological polar surface area (TPSA) is 30.5 Å². The number of benzene rings is 2. The van der Waals surface area contributed by atoms with Crippen LogP contribution in [0.2, 0.25) is 10.0 Å². The minimum atomic E-state index is 0.425.